The molecule has 0 radical (unpaired) electrons. The van der Waals surface area contributed by atoms with E-state index in [0.717, 1.165) is 12.8 Å². The second-order valence-corrected chi connectivity index (χ2v) is 5.00. The minimum absolute atomic E-state index is 0.0136. The molecule has 1 aliphatic rings. The molecule has 1 aliphatic carbocycles. The van der Waals surface area contributed by atoms with Crippen molar-refractivity contribution in [1.82, 2.24) is 10.2 Å². The molecule has 104 valence electrons. The molecule has 1 atom stereocenters. The number of carbonyl (C=O) groups is 1. The van der Waals surface area contributed by atoms with Crippen LogP contribution < -0.4 is 5.32 Å². The van der Waals surface area contributed by atoms with Crippen molar-refractivity contribution in [2.75, 3.05) is 26.2 Å². The fourth-order valence-corrected chi connectivity index (χ4v) is 2.57. The Morgan fingerprint density at radius 3 is 2.89 bits per heavy atom. The van der Waals surface area contributed by atoms with Crippen LogP contribution in [0.5, 0.6) is 0 Å². The van der Waals surface area contributed by atoms with Crippen LogP contribution in [0.3, 0.4) is 0 Å². The monoisotopic (exact) mass is 262 g/mol. The molecular weight excluding hydrogens is 240 g/mol. The van der Waals surface area contributed by atoms with Gasteiger partial charge in [-0.2, -0.15) is 0 Å². The van der Waals surface area contributed by atoms with E-state index < -0.39 is 0 Å². The standard InChI is InChI=1S/C15H22N2O2/c1-2-7-17(8-9-18)15(19)16-11-13-10-12-5-3-4-6-14(12)13/h3-6,13,18H,2,7-11H2,1H3,(H,16,19). The second-order valence-electron chi connectivity index (χ2n) is 5.00. The Morgan fingerprint density at radius 1 is 1.42 bits per heavy atom. The average molecular weight is 262 g/mol. The first-order chi connectivity index (χ1) is 9.26. The van der Waals surface area contributed by atoms with Crippen LogP contribution in [0.4, 0.5) is 4.79 Å². The van der Waals surface area contributed by atoms with Crippen LogP contribution in [0.25, 0.3) is 0 Å². The van der Waals surface area contributed by atoms with Crippen LogP contribution in [0.15, 0.2) is 24.3 Å². The number of fused-ring (bicyclic) bond motifs is 1. The predicted octanol–water partition coefficient (Wildman–Crippen LogP) is 1.74. The molecule has 0 heterocycles. The zero-order valence-corrected chi connectivity index (χ0v) is 11.4. The lowest BCUT2D eigenvalue weighted by Gasteiger charge is -2.31. The highest BCUT2D eigenvalue weighted by Gasteiger charge is 2.26. The van der Waals surface area contributed by atoms with Gasteiger partial charge in [-0.1, -0.05) is 31.2 Å². The molecule has 1 unspecified atom stereocenters. The summed E-state index contributed by atoms with van der Waals surface area (Å²) in [6, 6.07) is 8.30. The molecule has 0 saturated carbocycles. The quantitative estimate of drug-likeness (QED) is 0.820. The van der Waals surface area contributed by atoms with E-state index in [1.165, 1.54) is 11.1 Å². The van der Waals surface area contributed by atoms with E-state index in [4.69, 9.17) is 5.11 Å². The molecule has 0 aromatic heterocycles. The highest BCUT2D eigenvalue weighted by atomic mass is 16.3. The first kappa shape index (κ1) is 13.9. The van der Waals surface area contributed by atoms with E-state index in [2.05, 4.69) is 23.5 Å². The van der Waals surface area contributed by atoms with Gasteiger partial charge in [0, 0.05) is 25.6 Å². The third kappa shape index (κ3) is 3.26. The maximum absolute atomic E-state index is 12.0. The summed E-state index contributed by atoms with van der Waals surface area (Å²) < 4.78 is 0. The Morgan fingerprint density at radius 2 is 2.21 bits per heavy atom. The molecule has 2 N–H and O–H groups in total. The highest BCUT2D eigenvalue weighted by molar-refractivity contribution is 5.74. The lowest BCUT2D eigenvalue weighted by Crippen LogP contribution is -2.44. The molecule has 4 heteroatoms. The number of nitrogens with one attached hydrogen (secondary N) is 1. The van der Waals surface area contributed by atoms with Crippen LogP contribution in [0.1, 0.15) is 30.4 Å². The van der Waals surface area contributed by atoms with E-state index in [0.29, 0.717) is 25.6 Å². The summed E-state index contributed by atoms with van der Waals surface area (Å²) >= 11 is 0. The summed E-state index contributed by atoms with van der Waals surface area (Å²) in [6.07, 6.45) is 1.95. The molecule has 0 spiro atoms. The van der Waals surface area contributed by atoms with Gasteiger partial charge in [0.1, 0.15) is 0 Å². The molecule has 0 fully saturated rings. The SMILES string of the molecule is CCCN(CCO)C(=O)NCC1Cc2ccccc21. The molecule has 0 aliphatic heterocycles. The number of benzene rings is 1. The van der Waals surface area contributed by atoms with Gasteiger partial charge in [-0.15, -0.1) is 0 Å². The maximum Gasteiger partial charge on any atom is 0.317 e. The van der Waals surface area contributed by atoms with Crippen molar-refractivity contribution in [3.05, 3.63) is 35.4 Å². The van der Waals surface area contributed by atoms with Crippen LogP contribution in [-0.4, -0.2) is 42.3 Å². The van der Waals surface area contributed by atoms with Crippen molar-refractivity contribution < 1.29 is 9.90 Å². The molecule has 0 bridgehead atoms. The number of aliphatic hydroxyl groups excluding tert-OH is 1. The van der Waals surface area contributed by atoms with Crippen molar-refractivity contribution in [3.63, 3.8) is 0 Å². The third-order valence-electron chi connectivity index (χ3n) is 3.61. The summed E-state index contributed by atoms with van der Waals surface area (Å²) in [5, 5.41) is 11.9. The first-order valence-corrected chi connectivity index (χ1v) is 6.97. The number of amides is 2. The largest absolute Gasteiger partial charge is 0.395 e. The molecule has 2 rings (SSSR count). The zero-order chi connectivity index (χ0) is 13.7. The average Bonchev–Trinajstić information content (AvgIpc) is 2.39. The van der Waals surface area contributed by atoms with Crippen molar-refractivity contribution in [1.29, 1.82) is 0 Å². The topological polar surface area (TPSA) is 52.6 Å². The lowest BCUT2D eigenvalue weighted by molar-refractivity contribution is 0.176. The van der Waals surface area contributed by atoms with Gasteiger partial charge in [-0.3, -0.25) is 0 Å². The number of aliphatic hydroxyl groups is 1. The fourth-order valence-electron chi connectivity index (χ4n) is 2.57. The molecule has 1 aromatic rings. The van der Waals surface area contributed by atoms with Gasteiger partial charge in [0.2, 0.25) is 0 Å². The smallest absolute Gasteiger partial charge is 0.317 e. The highest BCUT2D eigenvalue weighted by Crippen LogP contribution is 2.33. The molecule has 4 nitrogen and oxygen atoms in total. The van der Waals surface area contributed by atoms with Crippen LogP contribution in [0.2, 0.25) is 0 Å². The number of urea groups is 1. The van der Waals surface area contributed by atoms with Crippen molar-refractivity contribution in [3.8, 4) is 0 Å². The number of rotatable bonds is 6. The van der Waals surface area contributed by atoms with E-state index in [1.54, 1.807) is 4.90 Å². The zero-order valence-electron chi connectivity index (χ0n) is 11.4. The Balaban J connectivity index is 1.81. The minimum atomic E-state index is -0.0692. The van der Waals surface area contributed by atoms with Crippen LogP contribution in [0, 0.1) is 0 Å². The molecule has 0 saturated heterocycles. The first-order valence-electron chi connectivity index (χ1n) is 6.97. The Hall–Kier alpha value is -1.55. The Kier molecular flexibility index (Phi) is 4.80. The van der Waals surface area contributed by atoms with Gasteiger partial charge < -0.3 is 15.3 Å². The van der Waals surface area contributed by atoms with Gasteiger partial charge in [0.05, 0.1) is 6.61 Å². The second kappa shape index (κ2) is 6.57. The fraction of sp³-hybridized carbons (Fsp3) is 0.533. The van der Waals surface area contributed by atoms with E-state index in [9.17, 15) is 4.79 Å². The maximum atomic E-state index is 12.0. The predicted molar refractivity (Wildman–Crippen MR) is 75.2 cm³/mol. The molecule has 2 amide bonds. The number of nitrogens with zero attached hydrogens (tertiary/aromatic N) is 1. The van der Waals surface area contributed by atoms with Gasteiger partial charge in [-0.25, -0.2) is 4.79 Å². The van der Waals surface area contributed by atoms with Gasteiger partial charge in [-0.05, 0) is 24.0 Å². The normalized spacial score (nSPS) is 16.4. The van der Waals surface area contributed by atoms with Gasteiger partial charge in [0.25, 0.3) is 0 Å². The van der Waals surface area contributed by atoms with Crippen molar-refractivity contribution in [2.24, 2.45) is 0 Å². The summed E-state index contributed by atoms with van der Waals surface area (Å²) in [5.74, 6) is 0.442. The van der Waals surface area contributed by atoms with Crippen molar-refractivity contribution in [2.45, 2.75) is 25.7 Å². The number of hydrogen-bond donors (Lipinski definition) is 2. The molecular formula is C15H22N2O2. The van der Waals surface area contributed by atoms with E-state index >= 15 is 0 Å². The Labute approximate surface area is 114 Å². The third-order valence-corrected chi connectivity index (χ3v) is 3.61. The van der Waals surface area contributed by atoms with E-state index in [-0.39, 0.29) is 12.6 Å². The number of carbonyl (C=O) groups excluding carboxylic acids is 1. The van der Waals surface area contributed by atoms with Crippen molar-refractivity contribution >= 4 is 6.03 Å². The lowest BCUT2D eigenvalue weighted by atomic mass is 9.78. The summed E-state index contributed by atoms with van der Waals surface area (Å²) in [4.78, 5) is 13.7. The Bertz CT molecular complexity index is 428. The summed E-state index contributed by atoms with van der Waals surface area (Å²) in [5.41, 5.74) is 2.74. The minimum Gasteiger partial charge on any atom is -0.395 e. The number of hydrogen-bond acceptors (Lipinski definition) is 2. The molecule has 19 heavy (non-hydrogen) atoms. The van der Waals surface area contributed by atoms with E-state index in [1.807, 2.05) is 13.0 Å². The van der Waals surface area contributed by atoms with Gasteiger partial charge >= 0.3 is 6.03 Å². The van der Waals surface area contributed by atoms with Gasteiger partial charge in [0.15, 0.2) is 0 Å². The van der Waals surface area contributed by atoms with Crippen LogP contribution in [-0.2, 0) is 6.42 Å². The summed E-state index contributed by atoms with van der Waals surface area (Å²) in [6.45, 7) is 3.82. The van der Waals surface area contributed by atoms with Crippen LogP contribution >= 0.6 is 0 Å². The molecule has 1 aromatic carbocycles. The summed E-state index contributed by atoms with van der Waals surface area (Å²) in [7, 11) is 0.